The van der Waals surface area contributed by atoms with Crippen LogP contribution in [0.1, 0.15) is 51.6 Å². The lowest BCUT2D eigenvalue weighted by molar-refractivity contribution is 0.123. The summed E-state index contributed by atoms with van der Waals surface area (Å²) in [6.45, 7) is 8.59. The van der Waals surface area contributed by atoms with Crippen molar-refractivity contribution in [3.8, 4) is 0 Å². The molecule has 0 aromatic carbocycles. The highest BCUT2D eigenvalue weighted by Gasteiger charge is 2.25. The van der Waals surface area contributed by atoms with Gasteiger partial charge in [0.25, 0.3) is 0 Å². The van der Waals surface area contributed by atoms with Crippen molar-refractivity contribution in [2.45, 2.75) is 64.7 Å². The maximum Gasteiger partial charge on any atom is 0.0534 e. The minimum absolute atomic E-state index is 0.255. The van der Waals surface area contributed by atoms with Crippen LogP contribution in [-0.2, 0) is 6.54 Å². The van der Waals surface area contributed by atoms with Crippen molar-refractivity contribution in [3.05, 3.63) is 18.0 Å². The lowest BCUT2D eigenvalue weighted by atomic mass is 9.96. The molecule has 1 aliphatic rings. The number of hydrogen-bond donors (Lipinski definition) is 1. The van der Waals surface area contributed by atoms with Gasteiger partial charge in [0, 0.05) is 36.4 Å². The van der Waals surface area contributed by atoms with Crippen molar-refractivity contribution in [2.75, 3.05) is 6.54 Å². The van der Waals surface area contributed by atoms with Crippen LogP contribution in [0.15, 0.2) is 12.4 Å². The van der Waals surface area contributed by atoms with Gasteiger partial charge in [-0.3, -0.25) is 9.58 Å². The highest BCUT2D eigenvalue weighted by molar-refractivity contribution is 5.05. The van der Waals surface area contributed by atoms with E-state index in [1.54, 1.807) is 0 Å². The molecule has 2 atom stereocenters. The Labute approximate surface area is 110 Å². The van der Waals surface area contributed by atoms with Gasteiger partial charge in [-0.05, 0) is 40.2 Å². The van der Waals surface area contributed by atoms with E-state index in [1.165, 1.54) is 31.4 Å². The van der Waals surface area contributed by atoms with Crippen molar-refractivity contribution in [2.24, 2.45) is 5.73 Å². The molecule has 2 rings (SSSR count). The summed E-state index contributed by atoms with van der Waals surface area (Å²) in [5.41, 5.74) is 7.40. The molecule has 2 N–H and O–H groups in total. The maximum absolute atomic E-state index is 6.10. The van der Waals surface area contributed by atoms with E-state index in [4.69, 9.17) is 5.73 Å². The number of likely N-dealkylation sites (tertiary alicyclic amines) is 1. The third kappa shape index (κ3) is 3.12. The fraction of sp³-hybridized carbons (Fsp3) is 0.786. The van der Waals surface area contributed by atoms with Crippen molar-refractivity contribution in [3.63, 3.8) is 0 Å². The number of piperidine rings is 1. The average molecular weight is 250 g/mol. The minimum atomic E-state index is 0.255. The van der Waals surface area contributed by atoms with Crippen LogP contribution in [0.5, 0.6) is 0 Å². The first-order chi connectivity index (χ1) is 8.58. The first-order valence-corrected chi connectivity index (χ1v) is 7.10. The topological polar surface area (TPSA) is 47.1 Å². The summed E-state index contributed by atoms with van der Waals surface area (Å²) < 4.78 is 2.03. The predicted molar refractivity (Wildman–Crippen MR) is 74.3 cm³/mol. The van der Waals surface area contributed by atoms with Crippen molar-refractivity contribution < 1.29 is 0 Å². The molecule has 0 amide bonds. The van der Waals surface area contributed by atoms with Crippen molar-refractivity contribution >= 4 is 0 Å². The maximum atomic E-state index is 6.10. The third-order valence-corrected chi connectivity index (χ3v) is 3.84. The molecule has 0 bridgehead atoms. The molecule has 2 heterocycles. The van der Waals surface area contributed by atoms with E-state index in [1.807, 2.05) is 10.9 Å². The summed E-state index contributed by atoms with van der Waals surface area (Å²) in [5, 5.41) is 4.41. The van der Waals surface area contributed by atoms with Gasteiger partial charge in [-0.15, -0.1) is 0 Å². The van der Waals surface area contributed by atoms with Gasteiger partial charge in [0.05, 0.1) is 6.20 Å². The molecule has 1 aliphatic heterocycles. The molecule has 0 spiro atoms. The van der Waals surface area contributed by atoms with E-state index in [2.05, 4.69) is 37.0 Å². The van der Waals surface area contributed by atoms with Crippen LogP contribution in [0.3, 0.4) is 0 Å². The van der Waals surface area contributed by atoms with E-state index >= 15 is 0 Å². The smallest absolute Gasteiger partial charge is 0.0534 e. The van der Waals surface area contributed by atoms with Crippen LogP contribution in [0.2, 0.25) is 0 Å². The first kappa shape index (κ1) is 13.6. The van der Waals surface area contributed by atoms with Crippen molar-refractivity contribution in [1.82, 2.24) is 14.7 Å². The normalized spacial score (nSPS) is 23.5. The number of rotatable bonds is 4. The number of hydrogen-bond acceptors (Lipinski definition) is 3. The van der Waals surface area contributed by atoms with Gasteiger partial charge < -0.3 is 5.73 Å². The number of nitrogens with two attached hydrogens (primary N) is 1. The van der Waals surface area contributed by atoms with Crippen LogP contribution in [0.4, 0.5) is 0 Å². The Morgan fingerprint density at radius 1 is 1.39 bits per heavy atom. The third-order valence-electron chi connectivity index (χ3n) is 3.84. The van der Waals surface area contributed by atoms with Gasteiger partial charge in [-0.25, -0.2) is 0 Å². The summed E-state index contributed by atoms with van der Waals surface area (Å²) in [7, 11) is 0. The zero-order valence-electron chi connectivity index (χ0n) is 11.8. The predicted octanol–water partition coefficient (Wildman–Crippen LogP) is 2.17. The molecule has 4 nitrogen and oxygen atoms in total. The van der Waals surface area contributed by atoms with E-state index in [0.29, 0.717) is 12.1 Å². The Hall–Kier alpha value is -0.870. The Morgan fingerprint density at radius 2 is 2.17 bits per heavy atom. The Kier molecular flexibility index (Phi) is 4.40. The summed E-state index contributed by atoms with van der Waals surface area (Å²) in [5.74, 6) is 0. The molecular formula is C14H26N4. The summed E-state index contributed by atoms with van der Waals surface area (Å²) in [6, 6.07) is 1.22. The molecule has 1 fully saturated rings. The molecule has 1 aromatic heterocycles. The molecule has 0 saturated carbocycles. The van der Waals surface area contributed by atoms with Crippen molar-refractivity contribution in [1.29, 1.82) is 0 Å². The summed E-state index contributed by atoms with van der Waals surface area (Å²) in [4.78, 5) is 2.52. The van der Waals surface area contributed by atoms with Crippen LogP contribution >= 0.6 is 0 Å². The quantitative estimate of drug-likeness (QED) is 0.891. The Bertz CT molecular complexity index is 370. The zero-order chi connectivity index (χ0) is 13.1. The number of aromatic nitrogens is 2. The summed E-state index contributed by atoms with van der Waals surface area (Å²) in [6.07, 6.45) is 8.00. The zero-order valence-corrected chi connectivity index (χ0v) is 11.8. The molecule has 18 heavy (non-hydrogen) atoms. The van der Waals surface area contributed by atoms with Gasteiger partial charge in [-0.2, -0.15) is 5.10 Å². The van der Waals surface area contributed by atoms with Gasteiger partial charge >= 0.3 is 0 Å². The second-order valence-corrected chi connectivity index (χ2v) is 5.82. The SMILES string of the molecule is CC(N)C1CCCCN1Cc1cnn(C(C)C)c1. The van der Waals surface area contributed by atoms with Crippen LogP contribution < -0.4 is 5.73 Å². The lowest BCUT2D eigenvalue weighted by Gasteiger charge is -2.37. The second-order valence-electron chi connectivity index (χ2n) is 5.82. The molecular weight excluding hydrogens is 224 g/mol. The molecule has 1 aromatic rings. The molecule has 102 valence electrons. The highest BCUT2D eigenvalue weighted by atomic mass is 15.3. The van der Waals surface area contributed by atoms with Crippen LogP contribution in [0, 0.1) is 0 Å². The largest absolute Gasteiger partial charge is 0.327 e. The minimum Gasteiger partial charge on any atom is -0.327 e. The van der Waals surface area contributed by atoms with E-state index in [9.17, 15) is 0 Å². The highest BCUT2D eigenvalue weighted by Crippen LogP contribution is 2.21. The average Bonchev–Trinajstić information content (AvgIpc) is 2.78. The fourth-order valence-corrected chi connectivity index (χ4v) is 2.78. The van der Waals surface area contributed by atoms with Gasteiger partial charge in [0.15, 0.2) is 0 Å². The van der Waals surface area contributed by atoms with E-state index in [0.717, 1.165) is 6.54 Å². The first-order valence-electron chi connectivity index (χ1n) is 7.10. The fourth-order valence-electron chi connectivity index (χ4n) is 2.78. The Balaban J connectivity index is 2.01. The molecule has 0 aliphatic carbocycles. The van der Waals surface area contributed by atoms with E-state index in [-0.39, 0.29) is 6.04 Å². The molecule has 2 unspecified atom stereocenters. The van der Waals surface area contributed by atoms with Gasteiger partial charge in [-0.1, -0.05) is 6.42 Å². The monoisotopic (exact) mass is 250 g/mol. The second kappa shape index (κ2) is 5.85. The van der Waals surface area contributed by atoms with E-state index < -0.39 is 0 Å². The van der Waals surface area contributed by atoms with Gasteiger partial charge in [0.1, 0.15) is 0 Å². The van der Waals surface area contributed by atoms with Gasteiger partial charge in [0.2, 0.25) is 0 Å². The Morgan fingerprint density at radius 3 is 2.78 bits per heavy atom. The van der Waals surface area contributed by atoms with Crippen LogP contribution in [0.25, 0.3) is 0 Å². The molecule has 1 saturated heterocycles. The molecule has 0 radical (unpaired) electrons. The molecule has 4 heteroatoms. The summed E-state index contributed by atoms with van der Waals surface area (Å²) >= 11 is 0. The number of nitrogens with zero attached hydrogens (tertiary/aromatic N) is 3. The van der Waals surface area contributed by atoms with Crippen LogP contribution in [-0.4, -0.2) is 33.3 Å². The lowest BCUT2D eigenvalue weighted by Crippen LogP contribution is -2.48. The standard InChI is InChI=1S/C14H26N4/c1-11(2)18-10-13(8-16-18)9-17-7-5-4-6-14(17)12(3)15/h8,10-12,14H,4-7,9,15H2,1-3H3.